The zero-order chi connectivity index (χ0) is 10.5. The lowest BCUT2D eigenvalue weighted by Crippen LogP contribution is -2.40. The third kappa shape index (κ3) is 7.49. The Labute approximate surface area is 79.7 Å². The number of nitrogens with zero attached hydrogens (tertiary/aromatic N) is 1. The minimum atomic E-state index is -0.401. The summed E-state index contributed by atoms with van der Waals surface area (Å²) in [5, 5.41) is 0. The van der Waals surface area contributed by atoms with Crippen molar-refractivity contribution >= 4 is 5.97 Å². The summed E-state index contributed by atoms with van der Waals surface area (Å²) < 4.78 is 0.831. The van der Waals surface area contributed by atoms with Crippen molar-refractivity contribution in [3.05, 3.63) is 12.2 Å². The van der Waals surface area contributed by atoms with Crippen LogP contribution in [0, 0.1) is 0 Å². The van der Waals surface area contributed by atoms with Gasteiger partial charge in [0, 0.05) is 5.57 Å². The number of rotatable bonds is 5. The van der Waals surface area contributed by atoms with Crippen molar-refractivity contribution in [2.75, 3.05) is 34.2 Å². The molecule has 0 heterocycles. The van der Waals surface area contributed by atoms with Crippen LogP contribution in [-0.4, -0.2) is 44.7 Å². The van der Waals surface area contributed by atoms with Gasteiger partial charge in [-0.2, -0.15) is 0 Å². The normalized spacial score (nSPS) is 11.1. The Balaban J connectivity index is 3.47. The maximum atomic E-state index is 10.9. The Bertz CT molecular complexity index is 194. The minimum absolute atomic E-state index is 0.401. The summed E-state index contributed by atoms with van der Waals surface area (Å²) in [4.78, 5) is 15.6. The largest absolute Gasteiger partial charge is 0.367 e. The Morgan fingerprint density at radius 3 is 2.38 bits per heavy atom. The molecular formula is C9H19N2O2+. The van der Waals surface area contributed by atoms with Crippen molar-refractivity contribution in [2.45, 2.75) is 6.92 Å². The van der Waals surface area contributed by atoms with Gasteiger partial charge < -0.3 is 9.32 Å². The van der Waals surface area contributed by atoms with Gasteiger partial charge in [-0.25, -0.2) is 4.79 Å². The molecule has 0 atom stereocenters. The fourth-order valence-corrected chi connectivity index (χ4v) is 0.585. The van der Waals surface area contributed by atoms with Crippen LogP contribution in [0.15, 0.2) is 12.2 Å². The standard InChI is InChI=1S/C9H19N2O2/c1-8(2)9(12)13-10-6-7-11(3,4)5/h10H,1,6-7H2,2-5H3/q+1. The topological polar surface area (TPSA) is 38.3 Å². The summed E-state index contributed by atoms with van der Waals surface area (Å²) in [6, 6.07) is 0. The average molecular weight is 187 g/mol. The van der Waals surface area contributed by atoms with Crippen molar-refractivity contribution in [1.82, 2.24) is 5.48 Å². The van der Waals surface area contributed by atoms with Crippen LogP contribution in [0.5, 0.6) is 0 Å². The van der Waals surface area contributed by atoms with Crippen molar-refractivity contribution in [3.8, 4) is 0 Å². The van der Waals surface area contributed by atoms with E-state index >= 15 is 0 Å². The van der Waals surface area contributed by atoms with E-state index in [9.17, 15) is 4.79 Å². The quantitative estimate of drug-likeness (QED) is 0.291. The maximum absolute atomic E-state index is 10.9. The highest BCUT2D eigenvalue weighted by atomic mass is 16.7. The SMILES string of the molecule is C=C(C)C(=O)ONCC[N+](C)(C)C. The predicted octanol–water partition coefficient (Wildman–Crippen LogP) is 0.317. The molecular weight excluding hydrogens is 168 g/mol. The average Bonchev–Trinajstić information content (AvgIpc) is 1.95. The van der Waals surface area contributed by atoms with Gasteiger partial charge in [0.25, 0.3) is 0 Å². The first-order valence-corrected chi connectivity index (χ1v) is 4.23. The van der Waals surface area contributed by atoms with Gasteiger partial charge in [-0.15, -0.1) is 5.48 Å². The molecule has 0 aliphatic heterocycles. The molecule has 0 amide bonds. The van der Waals surface area contributed by atoms with Crippen LogP contribution in [0.4, 0.5) is 0 Å². The van der Waals surface area contributed by atoms with Gasteiger partial charge in [0.2, 0.25) is 0 Å². The molecule has 0 fully saturated rings. The molecule has 13 heavy (non-hydrogen) atoms. The lowest BCUT2D eigenvalue weighted by atomic mass is 10.4. The number of nitrogens with one attached hydrogen (secondary N) is 1. The van der Waals surface area contributed by atoms with Crippen LogP contribution >= 0.6 is 0 Å². The molecule has 4 nitrogen and oxygen atoms in total. The highest BCUT2D eigenvalue weighted by Crippen LogP contribution is 1.90. The smallest absolute Gasteiger partial charge is 0.351 e. The third-order valence-corrected chi connectivity index (χ3v) is 1.40. The number of carbonyl (C=O) groups excluding carboxylic acids is 1. The molecule has 0 aliphatic carbocycles. The van der Waals surface area contributed by atoms with E-state index in [1.54, 1.807) is 6.92 Å². The van der Waals surface area contributed by atoms with Crippen LogP contribution < -0.4 is 5.48 Å². The van der Waals surface area contributed by atoms with Gasteiger partial charge in [0.05, 0.1) is 34.2 Å². The fraction of sp³-hybridized carbons (Fsp3) is 0.667. The van der Waals surface area contributed by atoms with Crippen LogP contribution in [0.2, 0.25) is 0 Å². The summed E-state index contributed by atoms with van der Waals surface area (Å²) in [6.45, 7) is 6.61. The van der Waals surface area contributed by atoms with E-state index in [2.05, 4.69) is 33.2 Å². The van der Waals surface area contributed by atoms with E-state index < -0.39 is 5.97 Å². The number of quaternary nitrogens is 1. The molecule has 4 heteroatoms. The molecule has 76 valence electrons. The molecule has 1 N–H and O–H groups in total. The highest BCUT2D eigenvalue weighted by molar-refractivity contribution is 5.86. The van der Waals surface area contributed by atoms with E-state index in [-0.39, 0.29) is 0 Å². The number of hydrogen-bond donors (Lipinski definition) is 1. The molecule has 0 rings (SSSR count). The summed E-state index contributed by atoms with van der Waals surface area (Å²) in [5.74, 6) is -0.401. The van der Waals surface area contributed by atoms with Gasteiger partial charge in [-0.1, -0.05) is 6.58 Å². The monoisotopic (exact) mass is 187 g/mol. The van der Waals surface area contributed by atoms with Crippen LogP contribution in [0.1, 0.15) is 6.92 Å². The first-order valence-electron chi connectivity index (χ1n) is 4.23. The lowest BCUT2D eigenvalue weighted by Gasteiger charge is -2.23. The van der Waals surface area contributed by atoms with Gasteiger partial charge in [0.15, 0.2) is 0 Å². The second kappa shape index (κ2) is 4.99. The fourth-order valence-electron chi connectivity index (χ4n) is 0.585. The van der Waals surface area contributed by atoms with E-state index in [1.807, 2.05) is 0 Å². The molecule has 0 saturated carbocycles. The molecule has 0 aromatic carbocycles. The molecule has 0 unspecified atom stereocenters. The summed E-state index contributed by atoms with van der Waals surface area (Å²) >= 11 is 0. The number of carbonyl (C=O) groups is 1. The molecule has 0 radical (unpaired) electrons. The first kappa shape index (κ1) is 12.1. The predicted molar refractivity (Wildman–Crippen MR) is 51.8 cm³/mol. The molecule has 0 aliphatic rings. The zero-order valence-electron chi connectivity index (χ0n) is 8.89. The molecule has 0 aromatic rings. The van der Waals surface area contributed by atoms with Gasteiger partial charge in [0.1, 0.15) is 0 Å². The minimum Gasteiger partial charge on any atom is -0.367 e. The van der Waals surface area contributed by atoms with Crippen LogP contribution in [0.3, 0.4) is 0 Å². The first-order chi connectivity index (χ1) is 5.83. The van der Waals surface area contributed by atoms with Crippen molar-refractivity contribution in [3.63, 3.8) is 0 Å². The molecule has 0 saturated heterocycles. The second-order valence-electron chi connectivity index (χ2n) is 4.08. The number of likely N-dealkylation sites (N-methyl/N-ethyl adjacent to an activating group) is 1. The van der Waals surface area contributed by atoms with Gasteiger partial charge in [-0.3, -0.25) is 0 Å². The van der Waals surface area contributed by atoms with Crippen LogP contribution in [-0.2, 0) is 9.63 Å². The second-order valence-corrected chi connectivity index (χ2v) is 4.08. The highest BCUT2D eigenvalue weighted by Gasteiger charge is 2.07. The van der Waals surface area contributed by atoms with Crippen molar-refractivity contribution in [1.29, 1.82) is 0 Å². The van der Waals surface area contributed by atoms with E-state index in [4.69, 9.17) is 4.84 Å². The lowest BCUT2D eigenvalue weighted by molar-refractivity contribution is -0.869. The summed E-state index contributed by atoms with van der Waals surface area (Å²) in [7, 11) is 6.22. The zero-order valence-corrected chi connectivity index (χ0v) is 8.89. The summed E-state index contributed by atoms with van der Waals surface area (Å²) in [6.07, 6.45) is 0. The maximum Gasteiger partial charge on any atom is 0.351 e. The number of hydrogen-bond acceptors (Lipinski definition) is 3. The number of hydroxylamine groups is 1. The van der Waals surface area contributed by atoms with Crippen molar-refractivity contribution < 1.29 is 14.1 Å². The van der Waals surface area contributed by atoms with Gasteiger partial charge >= 0.3 is 5.97 Å². The Hall–Kier alpha value is -0.870. The van der Waals surface area contributed by atoms with E-state index in [1.165, 1.54) is 0 Å². The van der Waals surface area contributed by atoms with Crippen molar-refractivity contribution in [2.24, 2.45) is 0 Å². The third-order valence-electron chi connectivity index (χ3n) is 1.40. The molecule has 0 spiro atoms. The van der Waals surface area contributed by atoms with E-state index in [0.29, 0.717) is 12.1 Å². The Kier molecular flexibility index (Phi) is 4.66. The van der Waals surface area contributed by atoms with E-state index in [0.717, 1.165) is 11.0 Å². The molecule has 0 aromatic heterocycles. The summed E-state index contributed by atoms with van der Waals surface area (Å²) in [5.41, 5.74) is 3.00. The Morgan fingerprint density at radius 1 is 1.46 bits per heavy atom. The van der Waals surface area contributed by atoms with Crippen LogP contribution in [0.25, 0.3) is 0 Å². The Morgan fingerprint density at radius 2 is 2.00 bits per heavy atom. The van der Waals surface area contributed by atoms with Gasteiger partial charge in [-0.05, 0) is 6.92 Å². The molecule has 0 bridgehead atoms.